The summed E-state index contributed by atoms with van der Waals surface area (Å²) >= 11 is 0. The summed E-state index contributed by atoms with van der Waals surface area (Å²) in [6.45, 7) is 2.77. The quantitative estimate of drug-likeness (QED) is 0.623. The molecule has 2 rings (SSSR count). The second-order valence-corrected chi connectivity index (χ2v) is 3.77. The lowest BCUT2D eigenvalue weighted by atomic mass is 10.1. The maximum Gasteiger partial charge on any atom is 0.166 e. The fraction of sp³-hybridized carbons (Fsp3) is 0.231. The molecular weight excluding hydrogens is 228 g/mol. The molecule has 18 heavy (non-hydrogen) atoms. The molecule has 5 heteroatoms. The highest BCUT2D eigenvalue weighted by atomic mass is 16.5. The van der Waals surface area contributed by atoms with Crippen LogP contribution in [0.1, 0.15) is 13.3 Å². The Kier molecular flexibility index (Phi) is 4.09. The molecule has 1 aromatic carbocycles. The SMILES string of the molecule is CCCOc1cccc(-c2nccnc2NN)c1. The third-order valence-corrected chi connectivity index (χ3v) is 2.42. The molecule has 0 aliphatic rings. The molecule has 0 radical (unpaired) electrons. The second kappa shape index (κ2) is 5.97. The molecule has 2 aromatic rings. The Hall–Kier alpha value is -2.14. The first-order valence-electron chi connectivity index (χ1n) is 5.86. The van der Waals surface area contributed by atoms with Crippen molar-refractivity contribution in [2.24, 2.45) is 5.84 Å². The van der Waals surface area contributed by atoms with Crippen molar-refractivity contribution >= 4 is 5.82 Å². The first kappa shape index (κ1) is 12.3. The van der Waals surface area contributed by atoms with Gasteiger partial charge in [-0.25, -0.2) is 10.8 Å². The lowest BCUT2D eigenvalue weighted by Crippen LogP contribution is -2.10. The highest BCUT2D eigenvalue weighted by Gasteiger charge is 2.07. The van der Waals surface area contributed by atoms with Crippen LogP contribution < -0.4 is 16.0 Å². The summed E-state index contributed by atoms with van der Waals surface area (Å²) in [7, 11) is 0. The van der Waals surface area contributed by atoms with Crippen molar-refractivity contribution in [1.82, 2.24) is 9.97 Å². The van der Waals surface area contributed by atoms with Gasteiger partial charge >= 0.3 is 0 Å². The van der Waals surface area contributed by atoms with Gasteiger partial charge in [0, 0.05) is 18.0 Å². The van der Waals surface area contributed by atoms with Crippen molar-refractivity contribution in [2.75, 3.05) is 12.0 Å². The number of ether oxygens (including phenoxy) is 1. The van der Waals surface area contributed by atoms with E-state index in [2.05, 4.69) is 22.3 Å². The zero-order valence-electron chi connectivity index (χ0n) is 10.3. The normalized spacial score (nSPS) is 10.1. The van der Waals surface area contributed by atoms with Crippen LogP contribution in [-0.2, 0) is 0 Å². The Morgan fingerprint density at radius 1 is 1.28 bits per heavy atom. The number of benzene rings is 1. The summed E-state index contributed by atoms with van der Waals surface area (Å²) < 4.78 is 5.59. The van der Waals surface area contributed by atoms with Gasteiger partial charge < -0.3 is 10.2 Å². The predicted molar refractivity (Wildman–Crippen MR) is 71.1 cm³/mol. The molecule has 0 amide bonds. The highest BCUT2D eigenvalue weighted by molar-refractivity contribution is 5.71. The van der Waals surface area contributed by atoms with E-state index in [1.54, 1.807) is 12.4 Å². The number of hydrogen-bond acceptors (Lipinski definition) is 5. The Labute approximate surface area is 106 Å². The van der Waals surface area contributed by atoms with Crippen LogP contribution in [0.3, 0.4) is 0 Å². The van der Waals surface area contributed by atoms with Gasteiger partial charge in [-0.05, 0) is 18.6 Å². The lowest BCUT2D eigenvalue weighted by Gasteiger charge is -2.09. The maximum atomic E-state index is 5.59. The third kappa shape index (κ3) is 2.75. The number of anilines is 1. The molecule has 5 nitrogen and oxygen atoms in total. The van der Waals surface area contributed by atoms with Gasteiger partial charge in [0.05, 0.1) is 6.61 Å². The summed E-state index contributed by atoms with van der Waals surface area (Å²) in [5, 5.41) is 0. The molecule has 1 heterocycles. The summed E-state index contributed by atoms with van der Waals surface area (Å²) in [6, 6.07) is 7.73. The maximum absolute atomic E-state index is 5.59. The van der Waals surface area contributed by atoms with Crippen LogP contribution in [0.15, 0.2) is 36.7 Å². The van der Waals surface area contributed by atoms with E-state index in [0.717, 1.165) is 17.7 Å². The van der Waals surface area contributed by atoms with Gasteiger partial charge in [-0.1, -0.05) is 19.1 Å². The monoisotopic (exact) mass is 244 g/mol. The number of rotatable bonds is 5. The molecule has 0 unspecified atom stereocenters. The Balaban J connectivity index is 2.32. The third-order valence-electron chi connectivity index (χ3n) is 2.42. The average molecular weight is 244 g/mol. The average Bonchev–Trinajstić information content (AvgIpc) is 2.45. The molecule has 0 saturated carbocycles. The first-order chi connectivity index (χ1) is 8.85. The van der Waals surface area contributed by atoms with E-state index >= 15 is 0 Å². The molecule has 0 aliphatic heterocycles. The van der Waals surface area contributed by atoms with Crippen molar-refractivity contribution in [3.63, 3.8) is 0 Å². The van der Waals surface area contributed by atoms with Crippen LogP contribution in [0.5, 0.6) is 5.75 Å². The number of nitrogens with two attached hydrogens (primary N) is 1. The van der Waals surface area contributed by atoms with E-state index in [0.29, 0.717) is 18.1 Å². The Bertz CT molecular complexity index is 516. The van der Waals surface area contributed by atoms with Crippen LogP contribution in [-0.4, -0.2) is 16.6 Å². The number of nitrogen functional groups attached to an aromatic ring is 1. The van der Waals surface area contributed by atoms with Gasteiger partial charge in [0.2, 0.25) is 0 Å². The summed E-state index contributed by atoms with van der Waals surface area (Å²) in [5.74, 6) is 6.79. The fourth-order valence-corrected chi connectivity index (χ4v) is 1.61. The van der Waals surface area contributed by atoms with Crippen molar-refractivity contribution in [2.45, 2.75) is 13.3 Å². The van der Waals surface area contributed by atoms with E-state index in [1.165, 1.54) is 0 Å². The lowest BCUT2D eigenvalue weighted by molar-refractivity contribution is 0.317. The summed E-state index contributed by atoms with van der Waals surface area (Å²) in [6.07, 6.45) is 4.21. The fourth-order valence-electron chi connectivity index (χ4n) is 1.61. The largest absolute Gasteiger partial charge is 0.494 e. The van der Waals surface area contributed by atoms with E-state index in [4.69, 9.17) is 10.6 Å². The molecule has 94 valence electrons. The molecule has 0 bridgehead atoms. The minimum Gasteiger partial charge on any atom is -0.494 e. The van der Waals surface area contributed by atoms with Crippen molar-refractivity contribution in [3.8, 4) is 17.0 Å². The van der Waals surface area contributed by atoms with Crippen molar-refractivity contribution < 1.29 is 4.74 Å². The van der Waals surface area contributed by atoms with Gasteiger partial charge in [0.1, 0.15) is 11.4 Å². The molecule has 0 atom stereocenters. The van der Waals surface area contributed by atoms with Crippen LogP contribution in [0.4, 0.5) is 5.82 Å². The number of hydrogen-bond donors (Lipinski definition) is 2. The zero-order valence-corrected chi connectivity index (χ0v) is 10.3. The Morgan fingerprint density at radius 2 is 2.11 bits per heavy atom. The molecule has 0 fully saturated rings. The van der Waals surface area contributed by atoms with E-state index in [9.17, 15) is 0 Å². The van der Waals surface area contributed by atoms with E-state index < -0.39 is 0 Å². The number of aromatic nitrogens is 2. The molecule has 0 saturated heterocycles. The number of nitrogens with one attached hydrogen (secondary N) is 1. The zero-order chi connectivity index (χ0) is 12.8. The minimum absolute atomic E-state index is 0.546. The highest BCUT2D eigenvalue weighted by Crippen LogP contribution is 2.26. The predicted octanol–water partition coefficient (Wildman–Crippen LogP) is 2.22. The minimum atomic E-state index is 0.546. The molecule has 1 aromatic heterocycles. The molecule has 3 N–H and O–H groups in total. The van der Waals surface area contributed by atoms with Crippen LogP contribution in [0, 0.1) is 0 Å². The molecule has 0 aliphatic carbocycles. The Morgan fingerprint density at radius 3 is 2.89 bits per heavy atom. The van der Waals surface area contributed by atoms with Crippen LogP contribution in [0.2, 0.25) is 0 Å². The van der Waals surface area contributed by atoms with Gasteiger partial charge in [-0.15, -0.1) is 0 Å². The van der Waals surface area contributed by atoms with E-state index in [1.807, 2.05) is 24.3 Å². The molecule has 0 spiro atoms. The smallest absolute Gasteiger partial charge is 0.166 e. The summed E-state index contributed by atoms with van der Waals surface area (Å²) in [5.41, 5.74) is 4.17. The topological polar surface area (TPSA) is 73.1 Å². The number of nitrogens with zero attached hydrogens (tertiary/aromatic N) is 2. The van der Waals surface area contributed by atoms with Gasteiger partial charge in [0.25, 0.3) is 0 Å². The van der Waals surface area contributed by atoms with Gasteiger partial charge in [-0.3, -0.25) is 4.98 Å². The van der Waals surface area contributed by atoms with E-state index in [-0.39, 0.29) is 0 Å². The standard InChI is InChI=1S/C13H16N4O/c1-2-8-18-11-5-3-4-10(9-11)12-13(17-14)16-7-6-15-12/h3-7,9H,2,8,14H2,1H3,(H,16,17). The van der Waals surface area contributed by atoms with Crippen LogP contribution in [0.25, 0.3) is 11.3 Å². The van der Waals surface area contributed by atoms with Gasteiger partial charge in [-0.2, -0.15) is 0 Å². The summed E-state index contributed by atoms with van der Waals surface area (Å²) in [4.78, 5) is 8.41. The van der Waals surface area contributed by atoms with Crippen molar-refractivity contribution in [1.29, 1.82) is 0 Å². The van der Waals surface area contributed by atoms with Crippen LogP contribution >= 0.6 is 0 Å². The van der Waals surface area contributed by atoms with Gasteiger partial charge in [0.15, 0.2) is 5.82 Å². The molecular formula is C13H16N4O. The second-order valence-electron chi connectivity index (χ2n) is 3.77. The van der Waals surface area contributed by atoms with Crippen molar-refractivity contribution in [3.05, 3.63) is 36.7 Å². The number of hydrazine groups is 1. The first-order valence-corrected chi connectivity index (χ1v) is 5.86.